The monoisotopic (exact) mass is 403 g/mol. The third-order valence-electron chi connectivity index (χ3n) is 5.48. The summed E-state index contributed by atoms with van der Waals surface area (Å²) in [7, 11) is 0. The molecule has 0 saturated carbocycles. The van der Waals surface area contributed by atoms with Gasteiger partial charge in [0.2, 0.25) is 0 Å². The Morgan fingerprint density at radius 1 is 0.967 bits per heavy atom. The minimum Gasteiger partial charge on any atom is -0.508 e. The SMILES string of the molecule is C[C@H](N)C(=O)c1cccc2c1C(=O)OC21c2ccc(O)cc2Oc2cc(O)ccc21. The van der Waals surface area contributed by atoms with Crippen LogP contribution in [0.2, 0.25) is 0 Å². The van der Waals surface area contributed by atoms with Gasteiger partial charge < -0.3 is 25.4 Å². The molecule has 0 amide bonds. The molecule has 0 radical (unpaired) electrons. The van der Waals surface area contributed by atoms with Crippen molar-refractivity contribution in [1.82, 2.24) is 0 Å². The Hall–Kier alpha value is -3.84. The van der Waals surface area contributed by atoms with Crippen molar-refractivity contribution in [3.8, 4) is 23.0 Å². The van der Waals surface area contributed by atoms with E-state index in [1.165, 1.54) is 24.3 Å². The second kappa shape index (κ2) is 6.08. The van der Waals surface area contributed by atoms with E-state index in [9.17, 15) is 19.8 Å². The number of fused-ring (bicyclic) bond motifs is 6. The largest absolute Gasteiger partial charge is 0.508 e. The van der Waals surface area contributed by atoms with Crippen molar-refractivity contribution in [2.45, 2.75) is 18.6 Å². The molecule has 5 rings (SSSR count). The molecule has 7 nitrogen and oxygen atoms in total. The third kappa shape index (κ3) is 2.29. The van der Waals surface area contributed by atoms with Gasteiger partial charge in [0.05, 0.1) is 11.6 Å². The predicted octanol–water partition coefficient (Wildman–Crippen LogP) is 3.20. The van der Waals surface area contributed by atoms with Gasteiger partial charge in [-0.05, 0) is 31.2 Å². The molecule has 0 bridgehead atoms. The van der Waals surface area contributed by atoms with Crippen LogP contribution in [-0.2, 0) is 10.3 Å². The summed E-state index contributed by atoms with van der Waals surface area (Å²) >= 11 is 0. The minimum atomic E-state index is -1.40. The Labute approximate surface area is 171 Å². The Balaban J connectivity index is 1.87. The maximum absolute atomic E-state index is 13.1. The van der Waals surface area contributed by atoms with Crippen molar-refractivity contribution in [2.24, 2.45) is 5.73 Å². The third-order valence-corrected chi connectivity index (χ3v) is 5.48. The Morgan fingerprint density at radius 2 is 1.57 bits per heavy atom. The number of aromatic hydroxyl groups is 2. The first-order valence-electron chi connectivity index (χ1n) is 9.34. The van der Waals surface area contributed by atoms with E-state index < -0.39 is 17.6 Å². The van der Waals surface area contributed by atoms with Crippen LogP contribution < -0.4 is 10.5 Å². The molecule has 2 heterocycles. The average Bonchev–Trinajstić information content (AvgIpc) is 3.00. The fourth-order valence-corrected chi connectivity index (χ4v) is 4.20. The highest BCUT2D eigenvalue weighted by Gasteiger charge is 2.54. The van der Waals surface area contributed by atoms with Gasteiger partial charge in [0, 0.05) is 34.4 Å². The van der Waals surface area contributed by atoms with Gasteiger partial charge in [-0.15, -0.1) is 0 Å². The number of esters is 1. The van der Waals surface area contributed by atoms with Crippen LogP contribution >= 0.6 is 0 Å². The van der Waals surface area contributed by atoms with Gasteiger partial charge in [-0.3, -0.25) is 4.79 Å². The van der Waals surface area contributed by atoms with E-state index in [0.29, 0.717) is 16.7 Å². The van der Waals surface area contributed by atoms with E-state index in [1.807, 2.05) is 0 Å². The first-order valence-corrected chi connectivity index (χ1v) is 9.34. The molecule has 1 spiro atoms. The molecule has 4 N–H and O–H groups in total. The summed E-state index contributed by atoms with van der Waals surface area (Å²) in [6.45, 7) is 1.56. The number of hydrogen-bond donors (Lipinski definition) is 3. The summed E-state index contributed by atoms with van der Waals surface area (Å²) in [6, 6.07) is 13.1. The lowest BCUT2D eigenvalue weighted by atomic mass is 9.76. The molecule has 1 atom stereocenters. The van der Waals surface area contributed by atoms with Crippen molar-refractivity contribution in [3.05, 3.63) is 82.4 Å². The average molecular weight is 403 g/mol. The van der Waals surface area contributed by atoms with Crippen LogP contribution in [0.1, 0.15) is 44.3 Å². The topological polar surface area (TPSA) is 119 Å². The summed E-state index contributed by atoms with van der Waals surface area (Å²) in [5.41, 5.74) is 6.20. The Morgan fingerprint density at radius 3 is 2.13 bits per heavy atom. The minimum absolute atomic E-state index is 0.0297. The van der Waals surface area contributed by atoms with E-state index in [-0.39, 0.29) is 39.9 Å². The molecule has 0 unspecified atom stereocenters. The van der Waals surface area contributed by atoms with Gasteiger partial charge in [-0.2, -0.15) is 0 Å². The molecule has 2 aliphatic heterocycles. The second-order valence-electron chi connectivity index (χ2n) is 7.41. The van der Waals surface area contributed by atoms with Crippen molar-refractivity contribution in [3.63, 3.8) is 0 Å². The number of carbonyl (C=O) groups excluding carboxylic acids is 2. The number of ketones is 1. The van der Waals surface area contributed by atoms with Crippen LogP contribution in [0.15, 0.2) is 54.6 Å². The van der Waals surface area contributed by atoms with E-state index in [4.69, 9.17) is 15.2 Å². The lowest BCUT2D eigenvalue weighted by Crippen LogP contribution is -2.33. The normalized spacial score (nSPS) is 16.1. The molecule has 0 aliphatic carbocycles. The Kier molecular flexibility index (Phi) is 3.69. The molecular weight excluding hydrogens is 386 g/mol. The molecule has 2 aliphatic rings. The fourth-order valence-electron chi connectivity index (χ4n) is 4.20. The van der Waals surface area contributed by atoms with Crippen molar-refractivity contribution >= 4 is 11.8 Å². The number of hydrogen-bond acceptors (Lipinski definition) is 7. The van der Waals surface area contributed by atoms with E-state index in [1.54, 1.807) is 37.3 Å². The summed E-state index contributed by atoms with van der Waals surface area (Å²) in [6.07, 6.45) is 0. The highest BCUT2D eigenvalue weighted by Crippen LogP contribution is 2.57. The predicted molar refractivity (Wildman–Crippen MR) is 106 cm³/mol. The van der Waals surface area contributed by atoms with Gasteiger partial charge in [-0.25, -0.2) is 4.79 Å². The summed E-state index contributed by atoms with van der Waals surface area (Å²) < 4.78 is 11.9. The first-order chi connectivity index (χ1) is 14.3. The summed E-state index contributed by atoms with van der Waals surface area (Å²) in [4.78, 5) is 25.8. The molecule has 3 aromatic rings. The molecular formula is C23H17NO6. The van der Waals surface area contributed by atoms with Crippen LogP contribution in [0, 0.1) is 0 Å². The van der Waals surface area contributed by atoms with Crippen LogP contribution in [0.3, 0.4) is 0 Å². The summed E-state index contributed by atoms with van der Waals surface area (Å²) in [5.74, 6) is -0.537. The van der Waals surface area contributed by atoms with Crippen molar-refractivity contribution in [1.29, 1.82) is 0 Å². The molecule has 0 saturated heterocycles. The number of phenols is 2. The van der Waals surface area contributed by atoms with Gasteiger partial charge in [0.25, 0.3) is 0 Å². The number of nitrogens with two attached hydrogens (primary N) is 1. The van der Waals surface area contributed by atoms with E-state index in [2.05, 4.69) is 0 Å². The lowest BCUT2D eigenvalue weighted by Gasteiger charge is -2.36. The molecule has 3 aromatic carbocycles. The van der Waals surface area contributed by atoms with Crippen molar-refractivity contribution < 1.29 is 29.3 Å². The quantitative estimate of drug-likeness (QED) is 0.444. The standard InChI is InChI=1S/C23H17NO6/c1-11(24)21(27)14-3-2-4-17-20(14)22(28)30-23(17)15-7-5-12(25)9-18(15)29-19-10-13(26)6-8-16(19)23/h2-11,25-26H,24H2,1H3/t11-/m0/s1. The van der Waals surface area contributed by atoms with E-state index >= 15 is 0 Å². The van der Waals surface area contributed by atoms with Gasteiger partial charge in [0.15, 0.2) is 11.4 Å². The highest BCUT2D eigenvalue weighted by molar-refractivity contribution is 6.11. The molecule has 0 aromatic heterocycles. The lowest BCUT2D eigenvalue weighted by molar-refractivity contribution is 0.0223. The van der Waals surface area contributed by atoms with E-state index in [0.717, 1.165) is 0 Å². The highest BCUT2D eigenvalue weighted by atomic mass is 16.6. The second-order valence-corrected chi connectivity index (χ2v) is 7.41. The molecule has 150 valence electrons. The zero-order valence-electron chi connectivity index (χ0n) is 15.9. The fraction of sp³-hybridized carbons (Fsp3) is 0.130. The van der Waals surface area contributed by atoms with Gasteiger partial charge in [-0.1, -0.05) is 18.2 Å². The summed E-state index contributed by atoms with van der Waals surface area (Å²) in [5, 5.41) is 19.9. The number of carbonyl (C=O) groups is 2. The van der Waals surface area contributed by atoms with Crippen LogP contribution in [0.5, 0.6) is 23.0 Å². The van der Waals surface area contributed by atoms with Gasteiger partial charge >= 0.3 is 5.97 Å². The number of rotatable bonds is 2. The van der Waals surface area contributed by atoms with Crippen LogP contribution in [-0.4, -0.2) is 28.0 Å². The number of Topliss-reactive ketones (excluding diaryl/α,β-unsaturated/α-hetero) is 1. The molecule has 0 fully saturated rings. The molecule has 7 heteroatoms. The van der Waals surface area contributed by atoms with Crippen LogP contribution in [0.25, 0.3) is 0 Å². The maximum atomic E-state index is 13.1. The first kappa shape index (κ1) is 18.2. The van der Waals surface area contributed by atoms with Gasteiger partial charge in [0.1, 0.15) is 23.0 Å². The zero-order chi connectivity index (χ0) is 21.2. The zero-order valence-corrected chi connectivity index (χ0v) is 15.9. The maximum Gasteiger partial charge on any atom is 0.340 e. The molecule has 30 heavy (non-hydrogen) atoms. The number of ether oxygens (including phenoxy) is 2. The number of benzene rings is 3. The number of phenolic OH excluding ortho intramolecular Hbond substituents is 2. The smallest absolute Gasteiger partial charge is 0.340 e. The van der Waals surface area contributed by atoms with Crippen LogP contribution in [0.4, 0.5) is 0 Å². The van der Waals surface area contributed by atoms with Crippen molar-refractivity contribution in [2.75, 3.05) is 0 Å². The Bertz CT molecular complexity index is 1190.